The summed E-state index contributed by atoms with van der Waals surface area (Å²) in [4.78, 5) is 0. The molecule has 0 aromatic heterocycles. The lowest BCUT2D eigenvalue weighted by Crippen LogP contribution is -2.31. The minimum atomic E-state index is -0.669. The van der Waals surface area contributed by atoms with Crippen LogP contribution in [0.3, 0.4) is 0 Å². The SMILES string of the molecule is CC1CC(O)(Cc2cc(F)cc(Br)c2)CS1. The van der Waals surface area contributed by atoms with Crippen LogP contribution >= 0.6 is 27.7 Å². The molecule has 1 fully saturated rings. The molecule has 0 amide bonds. The van der Waals surface area contributed by atoms with Crippen LogP contribution < -0.4 is 0 Å². The van der Waals surface area contributed by atoms with Crippen LogP contribution in [0.25, 0.3) is 0 Å². The molecule has 0 radical (unpaired) electrons. The van der Waals surface area contributed by atoms with Crippen molar-refractivity contribution >= 4 is 27.7 Å². The van der Waals surface area contributed by atoms with E-state index in [0.717, 1.165) is 22.2 Å². The van der Waals surface area contributed by atoms with Gasteiger partial charge in [0.2, 0.25) is 0 Å². The van der Waals surface area contributed by atoms with Crippen molar-refractivity contribution in [1.82, 2.24) is 0 Å². The molecule has 88 valence electrons. The Balaban J connectivity index is 2.14. The van der Waals surface area contributed by atoms with E-state index < -0.39 is 5.60 Å². The molecule has 0 saturated carbocycles. The lowest BCUT2D eigenvalue weighted by atomic mass is 9.92. The third kappa shape index (κ3) is 2.99. The van der Waals surface area contributed by atoms with Crippen LogP contribution in [-0.4, -0.2) is 21.7 Å². The van der Waals surface area contributed by atoms with Gasteiger partial charge >= 0.3 is 0 Å². The van der Waals surface area contributed by atoms with Gasteiger partial charge < -0.3 is 5.11 Å². The van der Waals surface area contributed by atoms with Crippen LogP contribution in [0.4, 0.5) is 4.39 Å². The number of benzene rings is 1. The van der Waals surface area contributed by atoms with Crippen molar-refractivity contribution in [3.63, 3.8) is 0 Å². The highest BCUT2D eigenvalue weighted by atomic mass is 79.9. The van der Waals surface area contributed by atoms with Crippen LogP contribution in [0.2, 0.25) is 0 Å². The lowest BCUT2D eigenvalue weighted by molar-refractivity contribution is 0.0642. The third-order valence-electron chi connectivity index (χ3n) is 2.76. The maximum absolute atomic E-state index is 13.2. The third-order valence-corrected chi connectivity index (χ3v) is 4.66. The molecule has 0 aliphatic carbocycles. The number of hydrogen-bond acceptors (Lipinski definition) is 2. The van der Waals surface area contributed by atoms with Crippen LogP contribution in [0.5, 0.6) is 0 Å². The van der Waals surface area contributed by atoms with Gasteiger partial charge in [-0.25, -0.2) is 4.39 Å². The Bertz CT molecular complexity index is 378. The monoisotopic (exact) mass is 304 g/mol. The predicted molar refractivity (Wildman–Crippen MR) is 69.3 cm³/mol. The Morgan fingerprint density at radius 2 is 2.31 bits per heavy atom. The molecule has 1 aliphatic rings. The molecule has 0 bridgehead atoms. The van der Waals surface area contributed by atoms with E-state index in [9.17, 15) is 9.50 Å². The van der Waals surface area contributed by atoms with Crippen molar-refractivity contribution in [2.24, 2.45) is 0 Å². The second-order valence-electron chi connectivity index (χ2n) is 4.50. The molecular weight excluding hydrogens is 291 g/mol. The molecule has 1 nitrogen and oxygen atoms in total. The van der Waals surface area contributed by atoms with Crippen LogP contribution in [0, 0.1) is 5.82 Å². The normalized spacial score (nSPS) is 29.6. The summed E-state index contributed by atoms with van der Waals surface area (Å²) in [6, 6.07) is 4.80. The maximum atomic E-state index is 13.2. The van der Waals surface area contributed by atoms with Gasteiger partial charge in [-0.05, 0) is 30.2 Å². The Labute approximate surface area is 108 Å². The van der Waals surface area contributed by atoms with Gasteiger partial charge in [-0.1, -0.05) is 22.9 Å². The highest BCUT2D eigenvalue weighted by Gasteiger charge is 2.35. The predicted octanol–water partition coefficient (Wildman–Crippen LogP) is 3.39. The van der Waals surface area contributed by atoms with E-state index in [1.807, 2.05) is 6.07 Å². The second kappa shape index (κ2) is 4.67. The molecule has 2 unspecified atom stereocenters. The topological polar surface area (TPSA) is 20.2 Å². The first kappa shape index (κ1) is 12.4. The van der Waals surface area contributed by atoms with Crippen molar-refractivity contribution in [1.29, 1.82) is 0 Å². The molecule has 1 heterocycles. The van der Waals surface area contributed by atoms with Crippen molar-refractivity contribution in [2.75, 3.05) is 5.75 Å². The second-order valence-corrected chi connectivity index (χ2v) is 6.85. The van der Waals surface area contributed by atoms with Crippen molar-refractivity contribution in [2.45, 2.75) is 30.6 Å². The van der Waals surface area contributed by atoms with Crippen molar-refractivity contribution in [3.8, 4) is 0 Å². The standard InChI is InChI=1S/C12H14BrFOS/c1-8-5-12(15,7-16-8)6-9-2-10(13)4-11(14)3-9/h2-4,8,15H,5-7H2,1H3. The fraction of sp³-hybridized carbons (Fsp3) is 0.500. The zero-order valence-corrected chi connectivity index (χ0v) is 11.4. The van der Waals surface area contributed by atoms with Gasteiger partial charge in [0.05, 0.1) is 5.60 Å². The fourth-order valence-electron chi connectivity index (χ4n) is 2.17. The molecule has 0 spiro atoms. The average Bonchev–Trinajstić information content (AvgIpc) is 2.43. The number of halogens is 2. The van der Waals surface area contributed by atoms with Crippen molar-refractivity contribution < 1.29 is 9.50 Å². The molecule has 4 heteroatoms. The number of hydrogen-bond donors (Lipinski definition) is 1. The first-order chi connectivity index (χ1) is 7.47. The van der Waals surface area contributed by atoms with Gasteiger partial charge in [-0.15, -0.1) is 0 Å². The molecule has 2 atom stereocenters. The largest absolute Gasteiger partial charge is 0.389 e. The summed E-state index contributed by atoms with van der Waals surface area (Å²) in [6.45, 7) is 2.12. The summed E-state index contributed by atoms with van der Waals surface area (Å²) in [5.74, 6) is 0.481. The molecule has 1 aromatic rings. The molecule has 1 aromatic carbocycles. The van der Waals surface area contributed by atoms with E-state index in [1.54, 1.807) is 11.8 Å². The molecular formula is C12H14BrFOS. The Morgan fingerprint density at radius 3 is 2.88 bits per heavy atom. The average molecular weight is 305 g/mol. The highest BCUT2D eigenvalue weighted by Crippen LogP contribution is 2.36. The molecule has 1 aliphatic heterocycles. The number of thioether (sulfide) groups is 1. The first-order valence-electron chi connectivity index (χ1n) is 5.26. The molecule has 16 heavy (non-hydrogen) atoms. The summed E-state index contributed by atoms with van der Waals surface area (Å²) >= 11 is 5.04. The summed E-state index contributed by atoms with van der Waals surface area (Å²) in [7, 11) is 0. The van der Waals surface area contributed by atoms with E-state index in [0.29, 0.717) is 11.7 Å². The van der Waals surface area contributed by atoms with E-state index in [2.05, 4.69) is 22.9 Å². The summed E-state index contributed by atoms with van der Waals surface area (Å²) in [5, 5.41) is 10.8. The van der Waals surface area contributed by atoms with Gasteiger partial charge in [0.1, 0.15) is 5.82 Å². The Morgan fingerprint density at radius 1 is 1.56 bits per heavy atom. The van der Waals surface area contributed by atoms with E-state index in [-0.39, 0.29) is 5.82 Å². The Kier molecular flexibility index (Phi) is 3.62. The fourth-order valence-corrected chi connectivity index (χ4v) is 3.92. The van der Waals surface area contributed by atoms with Gasteiger partial charge in [0.25, 0.3) is 0 Å². The molecule has 1 N–H and O–H groups in total. The Hall–Kier alpha value is -0.0600. The minimum Gasteiger partial charge on any atom is -0.389 e. The van der Waals surface area contributed by atoms with E-state index in [1.165, 1.54) is 12.1 Å². The summed E-state index contributed by atoms with van der Waals surface area (Å²) in [5.41, 5.74) is 0.182. The van der Waals surface area contributed by atoms with Crippen molar-refractivity contribution in [3.05, 3.63) is 34.1 Å². The summed E-state index contributed by atoms with van der Waals surface area (Å²) < 4.78 is 13.9. The quantitative estimate of drug-likeness (QED) is 0.904. The van der Waals surface area contributed by atoms with E-state index >= 15 is 0 Å². The maximum Gasteiger partial charge on any atom is 0.124 e. The number of rotatable bonds is 2. The number of aliphatic hydroxyl groups is 1. The summed E-state index contributed by atoms with van der Waals surface area (Å²) in [6.07, 6.45) is 1.31. The molecule has 2 rings (SSSR count). The van der Waals surface area contributed by atoms with Crippen LogP contribution in [0.15, 0.2) is 22.7 Å². The van der Waals surface area contributed by atoms with Crippen LogP contribution in [0.1, 0.15) is 18.9 Å². The van der Waals surface area contributed by atoms with Gasteiger partial charge in [0.15, 0.2) is 0 Å². The zero-order valence-electron chi connectivity index (χ0n) is 9.04. The van der Waals surface area contributed by atoms with Gasteiger partial charge in [-0.3, -0.25) is 0 Å². The highest BCUT2D eigenvalue weighted by molar-refractivity contribution is 9.10. The van der Waals surface area contributed by atoms with Gasteiger partial charge in [-0.2, -0.15) is 11.8 Å². The minimum absolute atomic E-state index is 0.258. The van der Waals surface area contributed by atoms with Crippen LogP contribution in [-0.2, 0) is 6.42 Å². The molecule has 1 saturated heterocycles. The smallest absolute Gasteiger partial charge is 0.124 e. The van der Waals surface area contributed by atoms with E-state index in [4.69, 9.17) is 0 Å². The lowest BCUT2D eigenvalue weighted by Gasteiger charge is -2.21. The van der Waals surface area contributed by atoms with Gasteiger partial charge in [0, 0.05) is 21.9 Å². The zero-order chi connectivity index (χ0) is 11.8. The first-order valence-corrected chi connectivity index (χ1v) is 7.10.